The van der Waals surface area contributed by atoms with Crippen LogP contribution < -0.4 is 4.90 Å². The van der Waals surface area contributed by atoms with Crippen molar-refractivity contribution in [1.29, 1.82) is 0 Å². The summed E-state index contributed by atoms with van der Waals surface area (Å²) < 4.78 is 85.7. The van der Waals surface area contributed by atoms with E-state index in [-0.39, 0.29) is 31.2 Å². The van der Waals surface area contributed by atoms with Gasteiger partial charge in [0.1, 0.15) is 0 Å². The summed E-state index contributed by atoms with van der Waals surface area (Å²) in [5.41, 5.74) is -2.01. The highest BCUT2D eigenvalue weighted by atomic mass is 19.4. The van der Waals surface area contributed by atoms with Gasteiger partial charge in [-0.25, -0.2) is 4.79 Å². The van der Waals surface area contributed by atoms with Crippen molar-refractivity contribution >= 4 is 17.7 Å². The lowest BCUT2D eigenvalue weighted by Crippen LogP contribution is -2.35. The van der Waals surface area contributed by atoms with Gasteiger partial charge in [-0.3, -0.25) is 9.69 Å². The number of anilines is 1. The SMILES string of the molecule is CC(=O)N(Cc1cc(C(F)(F)F)cc(C(F)(F)F)c1)C1CCCN(C(=O)OC(C)C)c2cc(CO)ccc21. The molecule has 0 saturated heterocycles. The van der Waals surface area contributed by atoms with Gasteiger partial charge < -0.3 is 14.7 Å². The number of carbonyl (C=O) groups excluding carboxylic acids is 2. The molecule has 3 rings (SSSR count). The Morgan fingerprint density at radius 2 is 1.63 bits per heavy atom. The maximum absolute atomic E-state index is 13.4. The molecular weight excluding hydrogens is 518 g/mol. The first-order chi connectivity index (χ1) is 17.6. The number of halogens is 6. The highest BCUT2D eigenvalue weighted by molar-refractivity contribution is 5.89. The molecule has 1 N–H and O–H groups in total. The van der Waals surface area contributed by atoms with E-state index < -0.39 is 54.2 Å². The number of benzene rings is 2. The Morgan fingerprint density at radius 3 is 2.13 bits per heavy atom. The van der Waals surface area contributed by atoms with Gasteiger partial charge in [-0.05, 0) is 67.6 Å². The number of ether oxygens (including phenoxy) is 1. The molecule has 0 spiro atoms. The van der Waals surface area contributed by atoms with Crippen molar-refractivity contribution in [2.45, 2.75) is 71.3 Å². The molecule has 1 unspecified atom stereocenters. The third-order valence-corrected chi connectivity index (χ3v) is 6.12. The third kappa shape index (κ3) is 6.77. The van der Waals surface area contributed by atoms with Crippen LogP contribution in [0.5, 0.6) is 0 Å². The summed E-state index contributed by atoms with van der Waals surface area (Å²) >= 11 is 0. The zero-order valence-electron chi connectivity index (χ0n) is 21.0. The van der Waals surface area contributed by atoms with Crippen molar-refractivity contribution in [3.63, 3.8) is 0 Å². The molecule has 2 aromatic carbocycles. The highest BCUT2D eigenvalue weighted by Gasteiger charge is 2.38. The van der Waals surface area contributed by atoms with Gasteiger partial charge in [0.05, 0.1) is 35.6 Å². The van der Waals surface area contributed by atoms with Gasteiger partial charge in [0, 0.05) is 20.0 Å². The molecule has 1 aliphatic rings. The van der Waals surface area contributed by atoms with Gasteiger partial charge in [-0.15, -0.1) is 0 Å². The molecule has 2 aromatic rings. The molecular formula is C26H28F6N2O4. The normalized spacial score (nSPS) is 16.2. The van der Waals surface area contributed by atoms with Gasteiger partial charge >= 0.3 is 18.4 Å². The maximum atomic E-state index is 13.4. The van der Waals surface area contributed by atoms with E-state index in [1.165, 1.54) is 16.7 Å². The van der Waals surface area contributed by atoms with Crippen LogP contribution in [0.1, 0.15) is 67.5 Å². The van der Waals surface area contributed by atoms with Gasteiger partial charge in [0.25, 0.3) is 0 Å². The molecule has 0 bridgehead atoms. The molecule has 0 aliphatic carbocycles. The Kier molecular flexibility index (Phi) is 8.65. The molecule has 0 fully saturated rings. The lowest BCUT2D eigenvalue weighted by atomic mass is 9.97. The van der Waals surface area contributed by atoms with Crippen molar-refractivity contribution in [2.75, 3.05) is 11.4 Å². The van der Waals surface area contributed by atoms with Crippen molar-refractivity contribution < 1.29 is 45.8 Å². The number of fused-ring (bicyclic) bond motifs is 1. The fraction of sp³-hybridized carbons (Fsp3) is 0.462. The van der Waals surface area contributed by atoms with E-state index in [0.29, 0.717) is 35.4 Å². The first-order valence-corrected chi connectivity index (χ1v) is 11.9. The molecule has 208 valence electrons. The van der Waals surface area contributed by atoms with E-state index in [1.54, 1.807) is 32.0 Å². The fourth-order valence-corrected chi connectivity index (χ4v) is 4.45. The summed E-state index contributed by atoms with van der Waals surface area (Å²) in [5.74, 6) is -0.573. The monoisotopic (exact) mass is 546 g/mol. The minimum Gasteiger partial charge on any atom is -0.446 e. The Labute approximate surface area is 215 Å². The van der Waals surface area contributed by atoms with Crippen LogP contribution in [-0.4, -0.2) is 34.7 Å². The number of hydrogen-bond donors (Lipinski definition) is 1. The zero-order chi connectivity index (χ0) is 28.4. The molecule has 0 aromatic heterocycles. The zero-order valence-corrected chi connectivity index (χ0v) is 21.0. The number of carbonyl (C=O) groups is 2. The van der Waals surface area contributed by atoms with E-state index in [4.69, 9.17) is 4.74 Å². The second-order valence-corrected chi connectivity index (χ2v) is 9.35. The third-order valence-electron chi connectivity index (χ3n) is 6.12. The number of nitrogens with zero attached hydrogens (tertiary/aromatic N) is 2. The summed E-state index contributed by atoms with van der Waals surface area (Å²) in [6.07, 6.45) is -10.5. The smallest absolute Gasteiger partial charge is 0.416 e. The number of alkyl halides is 6. The number of amides is 2. The van der Waals surface area contributed by atoms with E-state index in [1.807, 2.05) is 0 Å². The Balaban J connectivity index is 2.09. The molecule has 38 heavy (non-hydrogen) atoms. The highest BCUT2D eigenvalue weighted by Crippen LogP contribution is 2.40. The largest absolute Gasteiger partial charge is 0.446 e. The predicted octanol–water partition coefficient (Wildman–Crippen LogP) is 6.45. The second-order valence-electron chi connectivity index (χ2n) is 9.35. The number of hydrogen-bond acceptors (Lipinski definition) is 4. The molecule has 1 atom stereocenters. The lowest BCUT2D eigenvalue weighted by molar-refractivity contribution is -0.143. The molecule has 12 heteroatoms. The topological polar surface area (TPSA) is 70.1 Å². The summed E-state index contributed by atoms with van der Waals surface area (Å²) in [7, 11) is 0. The number of aliphatic hydroxyl groups excluding tert-OH is 1. The summed E-state index contributed by atoms with van der Waals surface area (Å²) in [6, 6.07) is 5.20. The average Bonchev–Trinajstić information content (AvgIpc) is 2.99. The summed E-state index contributed by atoms with van der Waals surface area (Å²) in [5, 5.41) is 9.64. The Morgan fingerprint density at radius 1 is 1.03 bits per heavy atom. The molecule has 1 aliphatic heterocycles. The van der Waals surface area contributed by atoms with Crippen LogP contribution in [0.3, 0.4) is 0 Å². The van der Waals surface area contributed by atoms with Crippen molar-refractivity contribution in [1.82, 2.24) is 4.90 Å². The van der Waals surface area contributed by atoms with Crippen molar-refractivity contribution in [2.24, 2.45) is 0 Å². The van der Waals surface area contributed by atoms with E-state index in [2.05, 4.69) is 0 Å². The number of rotatable bonds is 5. The van der Waals surface area contributed by atoms with Crippen LogP contribution in [0.25, 0.3) is 0 Å². The molecule has 1 heterocycles. The molecule has 0 radical (unpaired) electrons. The quantitative estimate of drug-likeness (QED) is 0.438. The first-order valence-electron chi connectivity index (χ1n) is 11.9. The first kappa shape index (κ1) is 29.3. The van der Waals surface area contributed by atoms with Crippen LogP contribution in [-0.2, 0) is 35.0 Å². The van der Waals surface area contributed by atoms with Gasteiger partial charge in [-0.2, -0.15) is 26.3 Å². The summed E-state index contributed by atoms with van der Waals surface area (Å²) in [4.78, 5) is 28.1. The predicted molar refractivity (Wildman–Crippen MR) is 126 cm³/mol. The van der Waals surface area contributed by atoms with Gasteiger partial charge in [0.15, 0.2) is 0 Å². The van der Waals surface area contributed by atoms with Crippen LogP contribution in [0.2, 0.25) is 0 Å². The van der Waals surface area contributed by atoms with E-state index in [9.17, 15) is 41.0 Å². The van der Waals surface area contributed by atoms with Crippen LogP contribution >= 0.6 is 0 Å². The van der Waals surface area contributed by atoms with Crippen molar-refractivity contribution in [3.8, 4) is 0 Å². The summed E-state index contributed by atoms with van der Waals surface area (Å²) in [6.45, 7) is 3.85. The van der Waals surface area contributed by atoms with Gasteiger partial charge in [0.2, 0.25) is 5.91 Å². The van der Waals surface area contributed by atoms with Crippen LogP contribution in [0.15, 0.2) is 36.4 Å². The van der Waals surface area contributed by atoms with Gasteiger partial charge in [-0.1, -0.05) is 12.1 Å². The Bertz CT molecular complexity index is 1150. The minimum atomic E-state index is -5.02. The van der Waals surface area contributed by atoms with Crippen molar-refractivity contribution in [3.05, 3.63) is 64.2 Å². The van der Waals surface area contributed by atoms with E-state index in [0.717, 1.165) is 0 Å². The van der Waals surface area contributed by atoms with Crippen LogP contribution in [0.4, 0.5) is 36.8 Å². The lowest BCUT2D eigenvalue weighted by Gasteiger charge is -2.32. The molecule has 6 nitrogen and oxygen atoms in total. The Hall–Kier alpha value is -3.28. The van der Waals surface area contributed by atoms with Crippen LogP contribution in [0, 0.1) is 0 Å². The fourth-order valence-electron chi connectivity index (χ4n) is 4.45. The maximum Gasteiger partial charge on any atom is 0.416 e. The molecule has 2 amide bonds. The van der Waals surface area contributed by atoms with E-state index >= 15 is 0 Å². The average molecular weight is 547 g/mol. The minimum absolute atomic E-state index is 0.0389. The second kappa shape index (κ2) is 11.2. The number of aliphatic hydroxyl groups is 1. The molecule has 0 saturated carbocycles. The standard InChI is InChI=1S/C26H28F6N2O4/c1-15(2)38-24(37)33-8-4-5-22(21-7-6-17(14-35)11-23(21)33)34(16(3)36)13-18-9-19(25(27,28)29)12-20(10-18)26(30,31)32/h6-7,9-12,15,22,35H,4-5,8,13-14H2,1-3H3.